The quantitative estimate of drug-likeness (QED) is 0.189. The Balaban J connectivity index is 1.24. The number of fused-ring (bicyclic) bond motifs is 14. The fourth-order valence-corrected chi connectivity index (χ4v) is 9.56. The molecule has 1 aliphatic carbocycles. The monoisotopic (exact) mass is 638 g/mol. The van der Waals surface area contributed by atoms with Gasteiger partial charge in [0.2, 0.25) is 0 Å². The number of para-hydroxylation sites is 2. The number of rotatable bonds is 2. The minimum atomic E-state index is -0.134. The van der Waals surface area contributed by atoms with E-state index in [1.54, 1.807) is 0 Å². The molecule has 1 aliphatic rings. The first-order chi connectivity index (χ1) is 24.6. The van der Waals surface area contributed by atoms with E-state index in [1.807, 2.05) is 0 Å². The highest BCUT2D eigenvalue weighted by Gasteiger charge is 2.34. The molecule has 50 heavy (non-hydrogen) atoms. The zero-order valence-corrected chi connectivity index (χ0v) is 27.7. The molecule has 0 amide bonds. The predicted molar refractivity (Wildman–Crippen MR) is 208 cm³/mol. The molecule has 0 atom stereocenters. The number of hydrogen-bond acceptors (Lipinski definition) is 2. The molecule has 0 N–H and O–H groups in total. The highest BCUT2D eigenvalue weighted by atomic mass is 15.0. The van der Waals surface area contributed by atoms with Gasteiger partial charge in [-0.3, -0.25) is 0 Å². The lowest BCUT2D eigenvalue weighted by Crippen LogP contribution is -2.24. The van der Waals surface area contributed by atoms with Gasteiger partial charge in [-0.15, -0.1) is 0 Å². The molecule has 11 aromatic rings. The summed E-state index contributed by atoms with van der Waals surface area (Å²) in [7, 11) is 0. The molecule has 234 valence electrons. The fraction of sp³-hybridized carbons (Fsp3) is 0.0870. The van der Waals surface area contributed by atoms with Gasteiger partial charge >= 0.3 is 0 Å². The summed E-state index contributed by atoms with van der Waals surface area (Å²) in [6, 6.07) is 48.9. The second kappa shape index (κ2) is 9.04. The van der Waals surface area contributed by atoms with E-state index in [9.17, 15) is 0 Å². The van der Waals surface area contributed by atoms with Gasteiger partial charge in [-0.25, -0.2) is 9.97 Å². The Hall–Kier alpha value is -6.26. The highest BCUT2D eigenvalue weighted by Crippen LogP contribution is 2.49. The summed E-state index contributed by atoms with van der Waals surface area (Å²) in [4.78, 5) is 10.8. The normalized spacial score (nSPS) is 14.0. The molecule has 12 rings (SSSR count). The zero-order chi connectivity index (χ0) is 32.9. The summed E-state index contributed by atoms with van der Waals surface area (Å²) in [6.07, 6.45) is 0. The molecule has 0 spiro atoms. The van der Waals surface area contributed by atoms with Crippen LogP contribution in [0.2, 0.25) is 0 Å². The summed E-state index contributed by atoms with van der Waals surface area (Å²) in [6.45, 7) is 5.20. The lowest BCUT2D eigenvalue weighted by atomic mass is 9.70. The Kier molecular flexibility index (Phi) is 4.82. The van der Waals surface area contributed by atoms with E-state index in [2.05, 4.69) is 156 Å². The van der Waals surface area contributed by atoms with Crippen LogP contribution < -0.4 is 0 Å². The summed E-state index contributed by atoms with van der Waals surface area (Å²) < 4.78 is 4.99. The minimum Gasteiger partial charge on any atom is -0.332 e. The average Bonchev–Trinajstić information content (AvgIpc) is 3.78. The van der Waals surface area contributed by atoms with Crippen LogP contribution in [0.3, 0.4) is 0 Å². The maximum absolute atomic E-state index is 5.45. The number of benzene rings is 7. The molecule has 0 saturated carbocycles. The maximum Gasteiger partial charge on any atom is 0.149 e. The van der Waals surface area contributed by atoms with Crippen molar-refractivity contribution >= 4 is 81.6 Å². The minimum absolute atomic E-state index is 0.134. The van der Waals surface area contributed by atoms with Gasteiger partial charge in [0, 0.05) is 54.2 Å². The molecule has 0 bridgehead atoms. The summed E-state index contributed by atoms with van der Waals surface area (Å²) in [5, 5.41) is 11.4. The lowest BCUT2D eigenvalue weighted by molar-refractivity contribution is 0.643. The third-order valence-corrected chi connectivity index (χ3v) is 11.7. The number of nitrogens with zero attached hydrogens (tertiary/aromatic N) is 4. The van der Waals surface area contributed by atoms with Crippen LogP contribution in [-0.2, 0) is 12.0 Å². The molecule has 0 aliphatic heterocycles. The molecule has 4 heterocycles. The van der Waals surface area contributed by atoms with Crippen LogP contribution in [0, 0.1) is 0 Å². The van der Waals surface area contributed by atoms with E-state index in [0.717, 1.165) is 17.0 Å². The predicted octanol–water partition coefficient (Wildman–Crippen LogP) is 11.4. The van der Waals surface area contributed by atoms with Crippen LogP contribution in [-0.4, -0.2) is 18.9 Å². The smallest absolute Gasteiger partial charge is 0.149 e. The van der Waals surface area contributed by atoms with Gasteiger partial charge in [0.1, 0.15) is 5.82 Å². The zero-order valence-electron chi connectivity index (χ0n) is 27.7. The van der Waals surface area contributed by atoms with Crippen molar-refractivity contribution in [3.8, 4) is 11.3 Å². The van der Waals surface area contributed by atoms with Crippen molar-refractivity contribution in [1.82, 2.24) is 18.9 Å². The topological polar surface area (TPSA) is 35.1 Å². The van der Waals surface area contributed by atoms with Gasteiger partial charge in [0.15, 0.2) is 0 Å². The van der Waals surface area contributed by atoms with Crippen LogP contribution in [0.1, 0.15) is 30.8 Å². The summed E-state index contributed by atoms with van der Waals surface area (Å²) in [5.74, 6) is 0.825. The van der Waals surface area contributed by atoms with Crippen molar-refractivity contribution in [2.75, 3.05) is 0 Å². The molecule has 4 aromatic heterocycles. The summed E-state index contributed by atoms with van der Waals surface area (Å²) in [5.41, 5.74) is 11.9. The molecule has 0 radical (unpaired) electrons. The van der Waals surface area contributed by atoms with Crippen molar-refractivity contribution in [2.45, 2.75) is 25.8 Å². The van der Waals surface area contributed by atoms with Crippen LogP contribution >= 0.6 is 0 Å². The van der Waals surface area contributed by atoms with Gasteiger partial charge in [0.25, 0.3) is 0 Å². The lowest BCUT2D eigenvalue weighted by Gasteiger charge is -2.34. The van der Waals surface area contributed by atoms with Crippen molar-refractivity contribution < 1.29 is 0 Å². The van der Waals surface area contributed by atoms with Gasteiger partial charge in [-0.2, -0.15) is 0 Å². The average molecular weight is 639 g/mol. The van der Waals surface area contributed by atoms with E-state index in [1.165, 1.54) is 92.7 Å². The Morgan fingerprint density at radius 1 is 0.520 bits per heavy atom. The second-order valence-electron chi connectivity index (χ2n) is 14.5. The Morgan fingerprint density at radius 3 is 2.10 bits per heavy atom. The van der Waals surface area contributed by atoms with Crippen LogP contribution in [0.4, 0.5) is 0 Å². The van der Waals surface area contributed by atoms with E-state index in [-0.39, 0.29) is 5.41 Å². The van der Waals surface area contributed by atoms with Gasteiger partial charge in [-0.05, 0) is 52.2 Å². The third kappa shape index (κ3) is 3.13. The Bertz CT molecular complexity index is 3270. The van der Waals surface area contributed by atoms with Crippen LogP contribution in [0.25, 0.3) is 92.8 Å². The molecule has 7 aromatic carbocycles. The van der Waals surface area contributed by atoms with E-state index < -0.39 is 0 Å². The SMILES string of the molecule is CC1(C)c2ccccc2-c2nc(Cn3c4ccccc4c4cc5c6ccccc6n6c7ccc8ccccc8c7c(c43)c56)nc3cccc1c23. The Labute approximate surface area is 287 Å². The fourth-order valence-electron chi connectivity index (χ4n) is 9.56. The van der Waals surface area contributed by atoms with E-state index in [0.29, 0.717) is 6.54 Å². The first-order valence-corrected chi connectivity index (χ1v) is 17.5. The first-order valence-electron chi connectivity index (χ1n) is 17.5. The Morgan fingerprint density at radius 2 is 1.22 bits per heavy atom. The van der Waals surface area contributed by atoms with E-state index in [4.69, 9.17) is 9.97 Å². The van der Waals surface area contributed by atoms with E-state index >= 15 is 0 Å². The van der Waals surface area contributed by atoms with Crippen molar-refractivity contribution in [1.29, 1.82) is 0 Å². The van der Waals surface area contributed by atoms with Crippen molar-refractivity contribution in [2.24, 2.45) is 0 Å². The largest absolute Gasteiger partial charge is 0.332 e. The van der Waals surface area contributed by atoms with Crippen molar-refractivity contribution in [3.05, 3.63) is 150 Å². The van der Waals surface area contributed by atoms with Crippen molar-refractivity contribution in [3.63, 3.8) is 0 Å². The molecule has 0 unspecified atom stereocenters. The van der Waals surface area contributed by atoms with Gasteiger partial charge in [-0.1, -0.05) is 117 Å². The molecular formula is C46H30N4. The van der Waals surface area contributed by atoms with Gasteiger partial charge < -0.3 is 8.97 Å². The molecular weight excluding hydrogens is 609 g/mol. The molecule has 4 heteroatoms. The highest BCUT2D eigenvalue weighted by molar-refractivity contribution is 6.37. The maximum atomic E-state index is 5.45. The summed E-state index contributed by atoms with van der Waals surface area (Å²) >= 11 is 0. The van der Waals surface area contributed by atoms with Gasteiger partial charge in [0.05, 0.1) is 39.8 Å². The molecule has 0 saturated heterocycles. The van der Waals surface area contributed by atoms with Crippen LogP contribution in [0.5, 0.6) is 0 Å². The molecule has 0 fully saturated rings. The second-order valence-corrected chi connectivity index (χ2v) is 14.5. The third-order valence-electron chi connectivity index (χ3n) is 11.7. The first kappa shape index (κ1) is 26.7. The number of aromatic nitrogens is 4. The number of hydrogen-bond donors (Lipinski definition) is 0. The van der Waals surface area contributed by atoms with Crippen LogP contribution in [0.15, 0.2) is 133 Å². The molecule has 4 nitrogen and oxygen atoms in total. The standard InChI is InChI=1S/C46H30N4/c1-46(2)33-17-8-5-16-30(33)43-41-34(46)18-11-19-35(41)47-39(48-43)25-49-36-20-9-6-14-28(36)31-24-32-29-15-7-10-21-37(29)50-38-23-22-26-12-3-4-13-27(26)40(38)42(44(31)49)45(32)50/h3-24H,25H2,1-2H3.